The lowest BCUT2D eigenvalue weighted by molar-refractivity contribution is 0.683. The smallest absolute Gasteiger partial charge is 0.168 e. The van der Waals surface area contributed by atoms with Crippen LogP contribution in [0.25, 0.3) is 0 Å². The predicted molar refractivity (Wildman–Crippen MR) is 49.3 cm³/mol. The van der Waals surface area contributed by atoms with Crippen LogP contribution >= 0.6 is 0 Å². The summed E-state index contributed by atoms with van der Waals surface area (Å²) >= 11 is 0. The molecule has 0 aromatic carbocycles. The lowest BCUT2D eigenvalue weighted by Gasteiger charge is -2.00. The monoisotopic (exact) mass is 193 g/mol. The van der Waals surface area contributed by atoms with Crippen LogP contribution in [0.3, 0.4) is 0 Å². The van der Waals surface area contributed by atoms with Crippen LogP contribution in [0.1, 0.15) is 5.69 Å². The van der Waals surface area contributed by atoms with Gasteiger partial charge in [0.05, 0.1) is 24.6 Å². The van der Waals surface area contributed by atoms with Gasteiger partial charge < -0.3 is 5.32 Å². The van der Waals surface area contributed by atoms with Crippen LogP contribution in [-0.2, 0) is 20.6 Å². The lowest BCUT2D eigenvalue weighted by Crippen LogP contribution is -2.05. The third kappa shape index (κ3) is 1.70. The second-order valence-corrected chi connectivity index (χ2v) is 2.98. The fraction of sp³-hybridized carbons (Fsp3) is 0.429. The van der Waals surface area contributed by atoms with E-state index in [0.717, 1.165) is 11.5 Å². The number of hydrogen-bond donors (Lipinski definition) is 1. The molecule has 0 aliphatic carbocycles. The average Bonchev–Trinajstić information content (AvgIpc) is 2.72. The quantitative estimate of drug-likeness (QED) is 0.715. The fourth-order valence-electron chi connectivity index (χ4n) is 1.08. The van der Waals surface area contributed by atoms with Gasteiger partial charge in [-0.15, -0.1) is 10.2 Å². The van der Waals surface area contributed by atoms with Gasteiger partial charge in [-0.05, 0) is 0 Å². The molecule has 2 aromatic rings. The first-order valence-electron chi connectivity index (χ1n) is 4.19. The molecule has 0 radical (unpaired) electrons. The molecule has 0 unspecified atom stereocenters. The first-order valence-corrected chi connectivity index (χ1v) is 4.19. The molecule has 1 N–H and O–H groups in total. The zero-order valence-corrected chi connectivity index (χ0v) is 8.05. The molecule has 2 heterocycles. The highest BCUT2D eigenvalue weighted by Crippen LogP contribution is 2.01. The van der Waals surface area contributed by atoms with Gasteiger partial charge in [0.1, 0.15) is 0 Å². The van der Waals surface area contributed by atoms with Gasteiger partial charge in [-0.25, -0.2) is 0 Å². The Balaban J connectivity index is 1.98. The summed E-state index contributed by atoms with van der Waals surface area (Å²) in [7, 11) is 3.67. The van der Waals surface area contributed by atoms with Gasteiger partial charge in [-0.3, -0.25) is 9.36 Å². The summed E-state index contributed by atoms with van der Waals surface area (Å²) in [6.07, 6.45) is 3.52. The fourth-order valence-corrected chi connectivity index (χ4v) is 1.08. The molecule has 2 aromatic heterocycles. The van der Waals surface area contributed by atoms with E-state index in [9.17, 15) is 0 Å². The molecule has 0 aliphatic heterocycles. The van der Waals surface area contributed by atoms with Crippen LogP contribution in [0.4, 0.5) is 5.82 Å². The molecule has 0 fully saturated rings. The average molecular weight is 193 g/mol. The molecule has 0 bridgehead atoms. The molecule has 0 amide bonds. The van der Waals surface area contributed by atoms with Gasteiger partial charge in [0.2, 0.25) is 0 Å². The molecule has 0 atom stereocenters. The summed E-state index contributed by atoms with van der Waals surface area (Å²) in [5.74, 6) is 0.744. The minimum absolute atomic E-state index is 0.641. The Kier molecular flexibility index (Phi) is 2.13. The van der Waals surface area contributed by atoms with E-state index in [1.54, 1.807) is 15.6 Å². The van der Waals surface area contributed by atoms with Crippen molar-refractivity contribution in [3.05, 3.63) is 18.1 Å². The van der Waals surface area contributed by atoms with Crippen molar-refractivity contribution in [3.8, 4) is 0 Å². The van der Waals surface area contributed by atoms with Crippen LogP contribution in [0, 0.1) is 0 Å². The molecule has 7 nitrogen and oxygen atoms in total. The second kappa shape index (κ2) is 3.44. The van der Waals surface area contributed by atoms with Crippen molar-refractivity contribution >= 4 is 5.82 Å². The normalized spacial score (nSPS) is 10.4. The first-order chi connectivity index (χ1) is 6.75. The van der Waals surface area contributed by atoms with Crippen molar-refractivity contribution in [2.24, 2.45) is 14.1 Å². The summed E-state index contributed by atoms with van der Waals surface area (Å²) in [4.78, 5) is 0. The summed E-state index contributed by atoms with van der Waals surface area (Å²) < 4.78 is 3.35. The zero-order chi connectivity index (χ0) is 9.97. The van der Waals surface area contributed by atoms with Gasteiger partial charge in [0, 0.05) is 14.1 Å². The van der Waals surface area contributed by atoms with E-state index in [1.807, 2.05) is 20.3 Å². The number of rotatable bonds is 3. The third-order valence-electron chi connectivity index (χ3n) is 1.86. The highest BCUT2D eigenvalue weighted by Gasteiger charge is 2.01. The second-order valence-electron chi connectivity index (χ2n) is 2.98. The van der Waals surface area contributed by atoms with Crippen molar-refractivity contribution in [2.45, 2.75) is 6.54 Å². The van der Waals surface area contributed by atoms with Crippen molar-refractivity contribution in [1.29, 1.82) is 0 Å². The Labute approximate surface area is 80.7 Å². The van der Waals surface area contributed by atoms with E-state index in [4.69, 9.17) is 0 Å². The molecule has 0 aliphatic rings. The Bertz CT molecular complexity index is 415. The SMILES string of the molecule is Cn1cc(NCc2cnnn2C)nn1. The van der Waals surface area contributed by atoms with E-state index < -0.39 is 0 Å². The van der Waals surface area contributed by atoms with E-state index in [0.29, 0.717) is 6.54 Å². The van der Waals surface area contributed by atoms with Crippen LogP contribution in [0.2, 0.25) is 0 Å². The lowest BCUT2D eigenvalue weighted by atomic mass is 10.4. The summed E-state index contributed by atoms with van der Waals surface area (Å²) in [6, 6.07) is 0. The number of anilines is 1. The highest BCUT2D eigenvalue weighted by atomic mass is 15.4. The van der Waals surface area contributed by atoms with Crippen LogP contribution in [0.15, 0.2) is 12.4 Å². The molecule has 0 saturated carbocycles. The third-order valence-corrected chi connectivity index (χ3v) is 1.86. The van der Waals surface area contributed by atoms with E-state index in [1.165, 1.54) is 0 Å². The standard InChI is InChI=1S/C7H11N7/c1-13-5-7(10-12-13)8-3-6-4-9-11-14(6)2/h4-5,8H,3H2,1-2H3. The Morgan fingerprint density at radius 1 is 1.36 bits per heavy atom. The minimum atomic E-state index is 0.641. The largest absolute Gasteiger partial charge is 0.362 e. The van der Waals surface area contributed by atoms with Gasteiger partial charge in [0.25, 0.3) is 0 Å². The van der Waals surface area contributed by atoms with Gasteiger partial charge in [-0.2, -0.15) is 0 Å². The van der Waals surface area contributed by atoms with Gasteiger partial charge in [-0.1, -0.05) is 10.4 Å². The Hall–Kier alpha value is -1.92. The van der Waals surface area contributed by atoms with Crippen molar-refractivity contribution in [1.82, 2.24) is 30.0 Å². The van der Waals surface area contributed by atoms with Gasteiger partial charge in [0.15, 0.2) is 5.82 Å². The van der Waals surface area contributed by atoms with Crippen molar-refractivity contribution < 1.29 is 0 Å². The maximum Gasteiger partial charge on any atom is 0.168 e. The summed E-state index contributed by atoms with van der Waals surface area (Å²) in [6.45, 7) is 0.641. The summed E-state index contributed by atoms with van der Waals surface area (Å²) in [5, 5.41) is 18.4. The van der Waals surface area contributed by atoms with Crippen LogP contribution < -0.4 is 5.32 Å². The Morgan fingerprint density at radius 2 is 2.21 bits per heavy atom. The molecule has 7 heteroatoms. The van der Waals surface area contributed by atoms with Crippen molar-refractivity contribution in [2.75, 3.05) is 5.32 Å². The van der Waals surface area contributed by atoms with Crippen LogP contribution in [-0.4, -0.2) is 30.0 Å². The molecule has 0 saturated heterocycles. The molecular weight excluding hydrogens is 182 g/mol. The number of nitrogens with zero attached hydrogens (tertiary/aromatic N) is 6. The number of hydrogen-bond acceptors (Lipinski definition) is 5. The van der Waals surface area contributed by atoms with Gasteiger partial charge >= 0.3 is 0 Å². The number of aromatic nitrogens is 6. The van der Waals surface area contributed by atoms with Crippen molar-refractivity contribution in [3.63, 3.8) is 0 Å². The van der Waals surface area contributed by atoms with E-state index >= 15 is 0 Å². The Morgan fingerprint density at radius 3 is 2.79 bits per heavy atom. The first kappa shape index (κ1) is 8.67. The molecular formula is C7H11N7. The number of aryl methyl sites for hydroxylation is 2. The molecule has 74 valence electrons. The maximum absolute atomic E-state index is 3.90. The molecule has 14 heavy (non-hydrogen) atoms. The molecule has 2 rings (SSSR count). The maximum atomic E-state index is 3.90. The topological polar surface area (TPSA) is 73.5 Å². The predicted octanol–water partition coefficient (Wildman–Crippen LogP) is -0.444. The summed E-state index contributed by atoms with van der Waals surface area (Å²) in [5.41, 5.74) is 0.996. The van der Waals surface area contributed by atoms with Crippen LogP contribution in [0.5, 0.6) is 0 Å². The van der Waals surface area contributed by atoms with E-state index in [-0.39, 0.29) is 0 Å². The highest BCUT2D eigenvalue weighted by molar-refractivity contribution is 5.29. The van der Waals surface area contributed by atoms with E-state index in [2.05, 4.69) is 25.9 Å². The minimum Gasteiger partial charge on any atom is -0.362 e. The zero-order valence-electron chi connectivity index (χ0n) is 8.05. The number of nitrogens with one attached hydrogen (secondary N) is 1. The molecule has 0 spiro atoms.